The predicted octanol–water partition coefficient (Wildman–Crippen LogP) is 1.67. The smallest absolute Gasteiger partial charge is 0.312 e. The first-order valence-corrected chi connectivity index (χ1v) is 4.06. The number of nitrogens with zero attached hydrogens (tertiary/aromatic N) is 2. The highest BCUT2D eigenvalue weighted by atomic mass is 16.6. The Kier molecular flexibility index (Phi) is 2.91. The van der Waals surface area contributed by atoms with Crippen LogP contribution in [-0.2, 0) is 0 Å². The van der Waals surface area contributed by atoms with Crippen LogP contribution in [0.15, 0.2) is 18.2 Å². The van der Waals surface area contributed by atoms with Crippen LogP contribution in [-0.4, -0.2) is 26.1 Å². The molecule has 5 nitrogen and oxygen atoms in total. The second kappa shape index (κ2) is 3.95. The minimum absolute atomic E-state index is 0.0151. The quantitative estimate of drug-likeness (QED) is 0.545. The molecule has 0 unspecified atom stereocenters. The summed E-state index contributed by atoms with van der Waals surface area (Å²) in [5.74, 6) is 0.278. The van der Waals surface area contributed by atoms with Crippen LogP contribution >= 0.6 is 0 Å². The third kappa shape index (κ3) is 1.93. The number of ether oxygens (including phenoxy) is 1. The molecule has 14 heavy (non-hydrogen) atoms. The highest BCUT2D eigenvalue weighted by molar-refractivity contribution is 5.59. The monoisotopic (exact) mass is 196 g/mol. The lowest BCUT2D eigenvalue weighted by Crippen LogP contribution is -2.09. The SMILES string of the molecule is COc1ccc(N(C)C)cc1[N+](=O)[O-]. The maximum Gasteiger partial charge on any atom is 0.312 e. The van der Waals surface area contributed by atoms with Crippen molar-refractivity contribution in [2.24, 2.45) is 0 Å². The Bertz CT molecular complexity index is 350. The van der Waals surface area contributed by atoms with Crippen molar-refractivity contribution in [2.45, 2.75) is 0 Å². The largest absolute Gasteiger partial charge is 0.490 e. The Morgan fingerprint density at radius 2 is 2.07 bits per heavy atom. The van der Waals surface area contributed by atoms with Gasteiger partial charge in [0, 0.05) is 25.8 Å². The molecule has 1 aromatic rings. The van der Waals surface area contributed by atoms with Crippen molar-refractivity contribution in [3.63, 3.8) is 0 Å². The van der Waals surface area contributed by atoms with Gasteiger partial charge in [-0.05, 0) is 12.1 Å². The molecule has 0 amide bonds. The highest BCUT2D eigenvalue weighted by Crippen LogP contribution is 2.30. The van der Waals surface area contributed by atoms with Crippen molar-refractivity contribution in [3.8, 4) is 5.75 Å². The zero-order valence-electron chi connectivity index (χ0n) is 8.35. The third-order valence-corrected chi connectivity index (χ3v) is 1.88. The predicted molar refractivity (Wildman–Crippen MR) is 54.0 cm³/mol. The number of benzene rings is 1. The van der Waals surface area contributed by atoms with Crippen molar-refractivity contribution in [2.75, 3.05) is 26.1 Å². The van der Waals surface area contributed by atoms with Gasteiger partial charge >= 0.3 is 5.69 Å². The van der Waals surface area contributed by atoms with Gasteiger partial charge in [-0.2, -0.15) is 0 Å². The van der Waals surface area contributed by atoms with Crippen LogP contribution in [0.5, 0.6) is 5.75 Å². The zero-order valence-corrected chi connectivity index (χ0v) is 8.35. The fourth-order valence-electron chi connectivity index (χ4n) is 1.10. The van der Waals surface area contributed by atoms with Gasteiger partial charge in [0.2, 0.25) is 0 Å². The Morgan fingerprint density at radius 1 is 1.43 bits per heavy atom. The minimum atomic E-state index is -0.453. The summed E-state index contributed by atoms with van der Waals surface area (Å²) < 4.78 is 4.88. The van der Waals surface area contributed by atoms with E-state index in [1.54, 1.807) is 17.0 Å². The number of rotatable bonds is 3. The zero-order chi connectivity index (χ0) is 10.7. The van der Waals surface area contributed by atoms with E-state index in [1.807, 2.05) is 14.1 Å². The summed E-state index contributed by atoms with van der Waals surface area (Å²) in [6, 6.07) is 4.85. The average molecular weight is 196 g/mol. The molecular formula is C9H12N2O3. The number of hydrogen-bond acceptors (Lipinski definition) is 4. The molecule has 0 atom stereocenters. The fraction of sp³-hybridized carbons (Fsp3) is 0.333. The number of methoxy groups -OCH3 is 1. The first-order valence-electron chi connectivity index (χ1n) is 4.06. The van der Waals surface area contributed by atoms with Gasteiger partial charge in [-0.3, -0.25) is 10.1 Å². The van der Waals surface area contributed by atoms with Gasteiger partial charge in [-0.1, -0.05) is 0 Å². The van der Waals surface area contributed by atoms with Crippen LogP contribution < -0.4 is 9.64 Å². The van der Waals surface area contributed by atoms with Crippen LogP contribution in [0.3, 0.4) is 0 Å². The second-order valence-electron chi connectivity index (χ2n) is 3.01. The summed E-state index contributed by atoms with van der Waals surface area (Å²) in [7, 11) is 5.06. The molecule has 0 radical (unpaired) electrons. The number of nitro groups is 1. The molecule has 5 heteroatoms. The molecule has 0 fully saturated rings. The van der Waals surface area contributed by atoms with E-state index < -0.39 is 4.92 Å². The Hall–Kier alpha value is -1.78. The van der Waals surface area contributed by atoms with Crippen molar-refractivity contribution in [3.05, 3.63) is 28.3 Å². The third-order valence-electron chi connectivity index (χ3n) is 1.88. The van der Waals surface area contributed by atoms with Crippen LogP contribution in [0.25, 0.3) is 0 Å². The minimum Gasteiger partial charge on any atom is -0.490 e. The van der Waals surface area contributed by atoms with Crippen molar-refractivity contribution >= 4 is 11.4 Å². The molecule has 0 aliphatic heterocycles. The summed E-state index contributed by atoms with van der Waals surface area (Å²) in [6.07, 6.45) is 0. The standard InChI is InChI=1S/C9H12N2O3/c1-10(2)7-4-5-9(14-3)8(6-7)11(12)13/h4-6H,1-3H3. The van der Waals surface area contributed by atoms with Gasteiger partial charge < -0.3 is 9.64 Å². The maximum absolute atomic E-state index is 10.7. The van der Waals surface area contributed by atoms with E-state index in [9.17, 15) is 10.1 Å². The molecule has 0 heterocycles. The number of anilines is 1. The molecule has 1 rings (SSSR count). The van der Waals surface area contributed by atoms with Crippen molar-refractivity contribution < 1.29 is 9.66 Å². The van der Waals surface area contributed by atoms with Crippen LogP contribution in [0.1, 0.15) is 0 Å². The average Bonchev–Trinajstić information content (AvgIpc) is 2.16. The van der Waals surface area contributed by atoms with Gasteiger partial charge in [0.1, 0.15) is 0 Å². The lowest BCUT2D eigenvalue weighted by atomic mass is 10.2. The molecule has 0 aromatic heterocycles. The van der Waals surface area contributed by atoms with E-state index in [-0.39, 0.29) is 11.4 Å². The summed E-state index contributed by atoms with van der Waals surface area (Å²) in [6.45, 7) is 0. The Balaban J connectivity index is 3.21. The van der Waals surface area contributed by atoms with Crippen molar-refractivity contribution in [1.82, 2.24) is 0 Å². The molecule has 0 N–H and O–H groups in total. The number of nitro benzene ring substituents is 1. The molecule has 0 bridgehead atoms. The van der Waals surface area contributed by atoms with E-state index >= 15 is 0 Å². The van der Waals surface area contributed by atoms with Gasteiger partial charge in [0.25, 0.3) is 0 Å². The molecule has 0 aliphatic rings. The van der Waals surface area contributed by atoms with Crippen LogP contribution in [0.2, 0.25) is 0 Å². The van der Waals surface area contributed by atoms with Gasteiger partial charge in [0.05, 0.1) is 12.0 Å². The van der Waals surface area contributed by atoms with Gasteiger partial charge in [-0.25, -0.2) is 0 Å². The number of hydrogen-bond donors (Lipinski definition) is 0. The van der Waals surface area contributed by atoms with Crippen LogP contribution in [0, 0.1) is 10.1 Å². The van der Waals surface area contributed by atoms with E-state index in [2.05, 4.69) is 0 Å². The molecule has 76 valence electrons. The Labute approximate surface area is 82.1 Å². The van der Waals surface area contributed by atoms with Gasteiger partial charge in [-0.15, -0.1) is 0 Å². The lowest BCUT2D eigenvalue weighted by molar-refractivity contribution is -0.385. The fourth-order valence-corrected chi connectivity index (χ4v) is 1.10. The van der Waals surface area contributed by atoms with E-state index in [0.717, 1.165) is 5.69 Å². The molecule has 0 saturated heterocycles. The second-order valence-corrected chi connectivity index (χ2v) is 3.01. The van der Waals surface area contributed by atoms with E-state index in [0.29, 0.717) is 0 Å². The molecule has 0 aliphatic carbocycles. The van der Waals surface area contributed by atoms with Gasteiger partial charge in [0.15, 0.2) is 5.75 Å². The normalized spacial score (nSPS) is 9.64. The first kappa shape index (κ1) is 10.3. The molecule has 0 saturated carbocycles. The van der Waals surface area contributed by atoms with Crippen LogP contribution in [0.4, 0.5) is 11.4 Å². The highest BCUT2D eigenvalue weighted by Gasteiger charge is 2.15. The lowest BCUT2D eigenvalue weighted by Gasteiger charge is -2.12. The summed E-state index contributed by atoms with van der Waals surface area (Å²) in [4.78, 5) is 12.0. The molecular weight excluding hydrogens is 184 g/mol. The first-order chi connectivity index (χ1) is 6.56. The summed E-state index contributed by atoms with van der Waals surface area (Å²) in [5, 5.41) is 10.7. The van der Waals surface area contributed by atoms with E-state index in [1.165, 1.54) is 13.2 Å². The Morgan fingerprint density at radius 3 is 2.50 bits per heavy atom. The van der Waals surface area contributed by atoms with E-state index in [4.69, 9.17) is 4.74 Å². The topological polar surface area (TPSA) is 55.6 Å². The van der Waals surface area contributed by atoms with Crippen molar-refractivity contribution in [1.29, 1.82) is 0 Å². The summed E-state index contributed by atoms with van der Waals surface area (Å²) in [5.41, 5.74) is 0.760. The molecule has 0 spiro atoms. The maximum atomic E-state index is 10.7. The molecule has 1 aromatic carbocycles. The summed E-state index contributed by atoms with van der Waals surface area (Å²) >= 11 is 0.